The first-order chi connectivity index (χ1) is 6.50. The second kappa shape index (κ2) is 4.67. The summed E-state index contributed by atoms with van der Waals surface area (Å²) in [5, 5.41) is 0.853. The van der Waals surface area contributed by atoms with Crippen molar-refractivity contribution in [2.24, 2.45) is 5.92 Å². The Morgan fingerprint density at radius 1 is 1.36 bits per heavy atom. The number of rotatable bonds is 2. The molecule has 14 heavy (non-hydrogen) atoms. The van der Waals surface area contributed by atoms with Crippen LogP contribution in [0, 0.1) is 5.92 Å². The van der Waals surface area contributed by atoms with E-state index in [1.165, 1.54) is 6.07 Å². The van der Waals surface area contributed by atoms with E-state index in [4.69, 9.17) is 27.9 Å². The number of hydrogen-bond donors (Lipinski definition) is 0. The third-order valence-corrected chi connectivity index (χ3v) is 2.11. The molecule has 0 aromatic heterocycles. The smallest absolute Gasteiger partial charge is 0.313 e. The van der Waals surface area contributed by atoms with Gasteiger partial charge in [0, 0.05) is 5.02 Å². The lowest BCUT2D eigenvalue weighted by atomic mass is 10.2. The van der Waals surface area contributed by atoms with Crippen LogP contribution in [0.25, 0.3) is 0 Å². The molecule has 0 saturated heterocycles. The Kier molecular flexibility index (Phi) is 3.78. The van der Waals surface area contributed by atoms with Crippen LogP contribution in [0.2, 0.25) is 10.0 Å². The molecule has 0 N–H and O–H groups in total. The van der Waals surface area contributed by atoms with Crippen molar-refractivity contribution in [2.45, 2.75) is 13.8 Å². The minimum Gasteiger partial charge on any atom is -0.425 e. The Morgan fingerprint density at radius 2 is 2.00 bits per heavy atom. The van der Waals surface area contributed by atoms with Crippen molar-refractivity contribution < 1.29 is 9.53 Å². The van der Waals surface area contributed by atoms with Gasteiger partial charge in [-0.05, 0) is 18.2 Å². The number of benzene rings is 1. The van der Waals surface area contributed by atoms with Gasteiger partial charge in [-0.25, -0.2) is 0 Å². The maximum absolute atomic E-state index is 11.2. The van der Waals surface area contributed by atoms with Gasteiger partial charge in [0.05, 0.1) is 10.9 Å². The first-order valence-corrected chi connectivity index (χ1v) is 4.93. The highest BCUT2D eigenvalue weighted by molar-refractivity contribution is 6.35. The standard InChI is InChI=1S/C10H10Cl2O2/c1-6(2)10(13)14-9-4-3-7(11)5-8(9)12/h3-6H,1-2H3. The summed E-state index contributed by atoms with van der Waals surface area (Å²) in [5.74, 6) is -0.147. The van der Waals surface area contributed by atoms with Crippen LogP contribution in [0.4, 0.5) is 0 Å². The number of ether oxygens (including phenoxy) is 1. The normalized spacial score (nSPS) is 10.4. The van der Waals surface area contributed by atoms with E-state index in [0.29, 0.717) is 15.8 Å². The lowest BCUT2D eigenvalue weighted by Gasteiger charge is -2.07. The van der Waals surface area contributed by atoms with Crippen LogP contribution in [0.1, 0.15) is 13.8 Å². The van der Waals surface area contributed by atoms with Crippen molar-refractivity contribution in [3.05, 3.63) is 28.2 Å². The van der Waals surface area contributed by atoms with Gasteiger partial charge < -0.3 is 4.74 Å². The van der Waals surface area contributed by atoms with Gasteiger partial charge in [-0.15, -0.1) is 0 Å². The Hall–Kier alpha value is -0.730. The van der Waals surface area contributed by atoms with Gasteiger partial charge in [-0.3, -0.25) is 4.79 Å². The number of halogens is 2. The van der Waals surface area contributed by atoms with Crippen LogP contribution in [0.3, 0.4) is 0 Å². The number of hydrogen-bond acceptors (Lipinski definition) is 2. The summed E-state index contributed by atoms with van der Waals surface area (Å²) in [5.41, 5.74) is 0. The van der Waals surface area contributed by atoms with Crippen molar-refractivity contribution in [2.75, 3.05) is 0 Å². The lowest BCUT2D eigenvalue weighted by molar-refractivity contribution is -0.137. The number of carbonyl (C=O) groups excluding carboxylic acids is 1. The SMILES string of the molecule is CC(C)C(=O)Oc1ccc(Cl)cc1Cl. The summed E-state index contributed by atoms with van der Waals surface area (Å²) >= 11 is 11.5. The first kappa shape index (κ1) is 11.3. The second-order valence-electron chi connectivity index (χ2n) is 3.15. The average Bonchev–Trinajstić information content (AvgIpc) is 2.09. The van der Waals surface area contributed by atoms with E-state index in [-0.39, 0.29) is 11.9 Å². The fourth-order valence-electron chi connectivity index (χ4n) is 0.784. The average molecular weight is 233 g/mol. The summed E-state index contributed by atoms with van der Waals surface area (Å²) in [6.45, 7) is 3.51. The fraction of sp³-hybridized carbons (Fsp3) is 0.300. The van der Waals surface area contributed by atoms with Gasteiger partial charge in [0.1, 0.15) is 5.75 Å². The van der Waals surface area contributed by atoms with Crippen LogP contribution in [-0.4, -0.2) is 5.97 Å². The molecular weight excluding hydrogens is 223 g/mol. The van der Waals surface area contributed by atoms with Crippen molar-refractivity contribution in [1.29, 1.82) is 0 Å². The molecule has 0 aliphatic heterocycles. The molecular formula is C10H10Cl2O2. The van der Waals surface area contributed by atoms with Gasteiger partial charge in [-0.1, -0.05) is 37.0 Å². The molecule has 0 amide bonds. The number of carbonyl (C=O) groups is 1. The molecule has 0 spiro atoms. The highest BCUT2D eigenvalue weighted by atomic mass is 35.5. The molecule has 0 radical (unpaired) electrons. The van der Waals surface area contributed by atoms with Crippen LogP contribution in [0.15, 0.2) is 18.2 Å². The van der Waals surface area contributed by atoms with E-state index >= 15 is 0 Å². The zero-order chi connectivity index (χ0) is 10.7. The fourth-order valence-corrected chi connectivity index (χ4v) is 1.23. The van der Waals surface area contributed by atoms with Crippen LogP contribution in [-0.2, 0) is 4.79 Å². The topological polar surface area (TPSA) is 26.3 Å². The molecule has 0 fully saturated rings. The maximum Gasteiger partial charge on any atom is 0.313 e. The molecule has 0 saturated carbocycles. The van der Waals surface area contributed by atoms with Gasteiger partial charge in [0.15, 0.2) is 0 Å². The summed E-state index contributed by atoms with van der Waals surface area (Å²) in [6.07, 6.45) is 0. The van der Waals surface area contributed by atoms with Crippen molar-refractivity contribution in [3.8, 4) is 5.75 Å². The predicted molar refractivity (Wildman–Crippen MR) is 56.9 cm³/mol. The Balaban J connectivity index is 2.82. The third-order valence-electron chi connectivity index (χ3n) is 1.58. The molecule has 0 aliphatic carbocycles. The van der Waals surface area contributed by atoms with Gasteiger partial charge in [0.25, 0.3) is 0 Å². The Morgan fingerprint density at radius 3 is 2.50 bits per heavy atom. The third kappa shape index (κ3) is 2.89. The minimum absolute atomic E-state index is 0.179. The zero-order valence-electron chi connectivity index (χ0n) is 7.88. The molecule has 1 aromatic rings. The highest BCUT2D eigenvalue weighted by Gasteiger charge is 2.11. The van der Waals surface area contributed by atoms with E-state index in [1.807, 2.05) is 0 Å². The van der Waals surface area contributed by atoms with Crippen LogP contribution >= 0.6 is 23.2 Å². The minimum atomic E-state index is -0.311. The second-order valence-corrected chi connectivity index (χ2v) is 3.99. The monoisotopic (exact) mass is 232 g/mol. The molecule has 0 heterocycles. The van der Waals surface area contributed by atoms with Gasteiger partial charge in [-0.2, -0.15) is 0 Å². The van der Waals surface area contributed by atoms with E-state index < -0.39 is 0 Å². The van der Waals surface area contributed by atoms with E-state index in [2.05, 4.69) is 0 Å². The van der Waals surface area contributed by atoms with Crippen molar-refractivity contribution in [1.82, 2.24) is 0 Å². The van der Waals surface area contributed by atoms with E-state index in [0.717, 1.165) is 0 Å². The zero-order valence-corrected chi connectivity index (χ0v) is 9.39. The summed E-state index contributed by atoms with van der Waals surface area (Å²) in [6, 6.07) is 4.73. The van der Waals surface area contributed by atoms with Gasteiger partial charge in [0.2, 0.25) is 0 Å². The van der Waals surface area contributed by atoms with E-state index in [1.54, 1.807) is 26.0 Å². The summed E-state index contributed by atoms with van der Waals surface area (Å²) in [4.78, 5) is 11.2. The van der Waals surface area contributed by atoms with E-state index in [9.17, 15) is 4.79 Å². The van der Waals surface area contributed by atoms with Crippen molar-refractivity contribution >= 4 is 29.2 Å². The molecule has 1 aromatic carbocycles. The molecule has 2 nitrogen and oxygen atoms in total. The molecule has 0 aliphatic rings. The molecule has 0 atom stereocenters. The largest absolute Gasteiger partial charge is 0.425 e. The lowest BCUT2D eigenvalue weighted by Crippen LogP contribution is -2.14. The molecule has 0 bridgehead atoms. The molecule has 1 rings (SSSR count). The molecule has 76 valence electrons. The Labute approximate surface area is 92.8 Å². The quantitative estimate of drug-likeness (QED) is 0.576. The summed E-state index contributed by atoms with van der Waals surface area (Å²) in [7, 11) is 0. The van der Waals surface area contributed by atoms with Crippen LogP contribution < -0.4 is 4.74 Å². The predicted octanol–water partition coefficient (Wildman–Crippen LogP) is 3.55. The molecule has 4 heteroatoms. The van der Waals surface area contributed by atoms with Crippen molar-refractivity contribution in [3.63, 3.8) is 0 Å². The van der Waals surface area contributed by atoms with Crippen LogP contribution in [0.5, 0.6) is 5.75 Å². The molecule has 0 unspecified atom stereocenters. The maximum atomic E-state index is 11.2. The highest BCUT2D eigenvalue weighted by Crippen LogP contribution is 2.27. The number of esters is 1. The first-order valence-electron chi connectivity index (χ1n) is 4.17. The Bertz CT molecular complexity index is 348. The van der Waals surface area contributed by atoms with Gasteiger partial charge >= 0.3 is 5.97 Å². The summed E-state index contributed by atoms with van der Waals surface area (Å²) < 4.78 is 5.03.